The summed E-state index contributed by atoms with van der Waals surface area (Å²) < 4.78 is 41.1. The smallest absolute Gasteiger partial charge is 0.334 e. The van der Waals surface area contributed by atoms with Crippen molar-refractivity contribution in [2.75, 3.05) is 7.05 Å². The molecule has 0 aliphatic carbocycles. The van der Waals surface area contributed by atoms with Crippen molar-refractivity contribution >= 4 is 21.8 Å². The van der Waals surface area contributed by atoms with E-state index in [9.17, 15) is 18.0 Å². The summed E-state index contributed by atoms with van der Waals surface area (Å²) in [7, 11) is 4.35. The van der Waals surface area contributed by atoms with Crippen molar-refractivity contribution in [2.45, 2.75) is 12.7 Å². The summed E-state index contributed by atoms with van der Waals surface area (Å²) in [6.45, 7) is 0.188. The molecule has 22 heavy (non-hydrogen) atoms. The van der Waals surface area contributed by atoms with E-state index >= 15 is 0 Å². The maximum absolute atomic E-state index is 12.7. The number of hydrogen-bond acceptors (Lipinski definition) is 3. The molecule has 0 spiro atoms. The van der Waals surface area contributed by atoms with Gasteiger partial charge in [0.05, 0.1) is 22.9 Å². The van der Waals surface area contributed by atoms with Crippen molar-refractivity contribution in [1.29, 1.82) is 0 Å². The lowest BCUT2D eigenvalue weighted by atomic mass is 10.3. The lowest BCUT2D eigenvalue weighted by Crippen LogP contribution is -2.27. The molecule has 2 aromatic rings. The van der Waals surface area contributed by atoms with Crippen LogP contribution < -0.4 is 0 Å². The molecule has 2 heterocycles. The number of amides is 1. The van der Waals surface area contributed by atoms with Crippen molar-refractivity contribution in [2.24, 2.45) is 14.1 Å². The second-order valence-corrected chi connectivity index (χ2v) is 5.61. The first-order valence-electron chi connectivity index (χ1n) is 6.14. The predicted molar refractivity (Wildman–Crippen MR) is 74.9 cm³/mol. The molecule has 0 aliphatic heterocycles. The maximum atomic E-state index is 12.7. The van der Waals surface area contributed by atoms with Crippen LogP contribution in [0.3, 0.4) is 0 Å². The fourth-order valence-electron chi connectivity index (χ4n) is 1.94. The average molecular weight is 380 g/mol. The van der Waals surface area contributed by atoms with Crippen LogP contribution in [-0.4, -0.2) is 37.4 Å². The van der Waals surface area contributed by atoms with E-state index in [2.05, 4.69) is 26.1 Å². The molecular weight excluding hydrogens is 367 g/mol. The Morgan fingerprint density at radius 1 is 1.36 bits per heavy atom. The molecule has 120 valence electrons. The van der Waals surface area contributed by atoms with Gasteiger partial charge in [0.25, 0.3) is 5.91 Å². The van der Waals surface area contributed by atoms with E-state index in [4.69, 9.17) is 0 Å². The molecule has 0 saturated carbocycles. The van der Waals surface area contributed by atoms with E-state index in [1.807, 2.05) is 0 Å². The van der Waals surface area contributed by atoms with Crippen molar-refractivity contribution in [3.8, 4) is 0 Å². The van der Waals surface area contributed by atoms with Gasteiger partial charge < -0.3 is 4.90 Å². The molecule has 0 N–H and O–H groups in total. The number of carbonyl (C=O) groups is 1. The van der Waals surface area contributed by atoms with Gasteiger partial charge in [-0.25, -0.2) is 0 Å². The van der Waals surface area contributed by atoms with Crippen LogP contribution in [0.25, 0.3) is 0 Å². The van der Waals surface area contributed by atoms with Gasteiger partial charge in [-0.1, -0.05) is 0 Å². The largest absolute Gasteiger partial charge is 0.433 e. The molecule has 0 aliphatic rings. The summed E-state index contributed by atoms with van der Waals surface area (Å²) in [4.78, 5) is 13.5. The van der Waals surface area contributed by atoms with E-state index in [1.54, 1.807) is 17.9 Å². The number of nitrogens with zero attached hydrogens (tertiary/aromatic N) is 5. The first-order valence-corrected chi connectivity index (χ1v) is 6.93. The van der Waals surface area contributed by atoms with Crippen LogP contribution in [0, 0.1) is 0 Å². The summed E-state index contributed by atoms with van der Waals surface area (Å²) >= 11 is 3.30. The number of aromatic nitrogens is 4. The summed E-state index contributed by atoms with van der Waals surface area (Å²) in [6, 6.07) is 0.747. The van der Waals surface area contributed by atoms with Gasteiger partial charge in [-0.15, -0.1) is 0 Å². The van der Waals surface area contributed by atoms with E-state index in [-0.39, 0.29) is 12.2 Å². The van der Waals surface area contributed by atoms with Crippen LogP contribution in [0.15, 0.2) is 16.7 Å². The van der Waals surface area contributed by atoms with Gasteiger partial charge in [0.15, 0.2) is 5.69 Å². The maximum Gasteiger partial charge on any atom is 0.433 e. The van der Waals surface area contributed by atoms with Crippen LogP contribution in [-0.2, 0) is 26.8 Å². The van der Waals surface area contributed by atoms with Gasteiger partial charge >= 0.3 is 6.18 Å². The molecule has 2 aromatic heterocycles. The Morgan fingerprint density at radius 2 is 2.00 bits per heavy atom. The Bertz CT molecular complexity index is 687. The molecule has 0 bridgehead atoms. The zero-order valence-corrected chi connectivity index (χ0v) is 13.6. The molecule has 0 unspecified atom stereocenters. The fourth-order valence-corrected chi connectivity index (χ4v) is 2.42. The molecule has 0 atom stereocenters. The van der Waals surface area contributed by atoms with Crippen molar-refractivity contribution in [3.05, 3.63) is 33.8 Å². The molecule has 6 nitrogen and oxygen atoms in total. The second kappa shape index (κ2) is 5.75. The Balaban J connectivity index is 2.21. The minimum absolute atomic E-state index is 0.188. The highest BCUT2D eigenvalue weighted by Crippen LogP contribution is 2.29. The SMILES string of the molecule is CN(Cc1c(Br)cnn1C)C(=O)c1cc(C(F)(F)F)n(C)n1. The van der Waals surface area contributed by atoms with Crippen molar-refractivity contribution < 1.29 is 18.0 Å². The zero-order chi connectivity index (χ0) is 16.7. The minimum atomic E-state index is -4.55. The monoisotopic (exact) mass is 379 g/mol. The molecule has 0 radical (unpaired) electrons. The number of rotatable bonds is 3. The lowest BCUT2D eigenvalue weighted by molar-refractivity contribution is -0.143. The van der Waals surface area contributed by atoms with Gasteiger partial charge in [-0.05, 0) is 15.9 Å². The van der Waals surface area contributed by atoms with E-state index in [0.717, 1.165) is 18.8 Å². The Kier molecular flexibility index (Phi) is 4.32. The van der Waals surface area contributed by atoms with Crippen LogP contribution in [0.1, 0.15) is 21.9 Å². The van der Waals surface area contributed by atoms with Crippen molar-refractivity contribution in [1.82, 2.24) is 24.5 Å². The van der Waals surface area contributed by atoms with Crippen molar-refractivity contribution in [3.63, 3.8) is 0 Å². The third-order valence-corrected chi connectivity index (χ3v) is 3.80. The van der Waals surface area contributed by atoms with Crippen LogP contribution in [0.5, 0.6) is 0 Å². The van der Waals surface area contributed by atoms with E-state index in [0.29, 0.717) is 9.15 Å². The number of carbonyl (C=O) groups excluding carboxylic acids is 1. The Hall–Kier alpha value is -1.84. The average Bonchev–Trinajstić information content (AvgIpc) is 2.95. The highest BCUT2D eigenvalue weighted by atomic mass is 79.9. The number of alkyl halides is 3. The highest BCUT2D eigenvalue weighted by molar-refractivity contribution is 9.10. The standard InChI is InChI=1S/C12H13BrF3N5O/c1-19(6-9-7(13)5-17-20(9)2)11(22)8-4-10(12(14,15)16)21(3)18-8/h4-5H,6H2,1-3H3. The number of aryl methyl sites for hydroxylation is 2. The van der Waals surface area contributed by atoms with E-state index in [1.165, 1.54) is 11.9 Å². The van der Waals surface area contributed by atoms with Gasteiger partial charge in [-0.3, -0.25) is 14.2 Å². The van der Waals surface area contributed by atoms with Gasteiger partial charge in [0.2, 0.25) is 0 Å². The molecule has 0 fully saturated rings. The molecule has 1 amide bonds. The van der Waals surface area contributed by atoms with Crippen LogP contribution in [0.4, 0.5) is 13.2 Å². The molecular formula is C12H13BrF3N5O. The Labute approximate surface area is 132 Å². The first-order chi connectivity index (χ1) is 10.1. The third kappa shape index (κ3) is 3.16. The number of halogens is 4. The van der Waals surface area contributed by atoms with Gasteiger partial charge in [-0.2, -0.15) is 23.4 Å². The minimum Gasteiger partial charge on any atom is -0.334 e. The predicted octanol–water partition coefficient (Wildman–Crippen LogP) is 2.21. The quantitative estimate of drug-likeness (QED) is 0.821. The highest BCUT2D eigenvalue weighted by Gasteiger charge is 2.36. The first kappa shape index (κ1) is 16.5. The lowest BCUT2D eigenvalue weighted by Gasteiger charge is -2.16. The topological polar surface area (TPSA) is 56.0 Å². The summed E-state index contributed by atoms with van der Waals surface area (Å²) in [5.74, 6) is -0.598. The molecule has 0 aromatic carbocycles. The van der Waals surface area contributed by atoms with Gasteiger partial charge in [0, 0.05) is 27.2 Å². The van der Waals surface area contributed by atoms with E-state index < -0.39 is 17.8 Å². The zero-order valence-electron chi connectivity index (χ0n) is 12.0. The Morgan fingerprint density at radius 3 is 2.45 bits per heavy atom. The second-order valence-electron chi connectivity index (χ2n) is 4.76. The summed E-state index contributed by atoms with van der Waals surface area (Å²) in [5.41, 5.74) is -0.496. The van der Waals surface area contributed by atoms with Crippen LogP contribution in [0.2, 0.25) is 0 Å². The summed E-state index contributed by atoms with van der Waals surface area (Å²) in [5, 5.41) is 7.66. The molecule has 0 saturated heterocycles. The van der Waals surface area contributed by atoms with Gasteiger partial charge in [0.1, 0.15) is 5.69 Å². The third-order valence-electron chi connectivity index (χ3n) is 3.13. The number of hydrogen-bond donors (Lipinski definition) is 0. The summed E-state index contributed by atoms with van der Waals surface area (Å²) in [6.07, 6.45) is -2.97. The van der Waals surface area contributed by atoms with Crippen LogP contribution >= 0.6 is 15.9 Å². The fraction of sp³-hybridized carbons (Fsp3) is 0.417. The normalized spacial score (nSPS) is 11.8. The molecule has 10 heteroatoms. The molecule has 2 rings (SSSR count).